The summed E-state index contributed by atoms with van der Waals surface area (Å²) in [5.41, 5.74) is 9.19. The standard InChI is InChI=1S/C15H16Cl2N2/c1-2-4-10-5-3-6-11(7-10)14(18)15-13(17)8-12(16)9-19-15/h3,5-9,14H,2,4,18H2,1H3. The lowest BCUT2D eigenvalue weighted by Gasteiger charge is -2.14. The third kappa shape index (κ3) is 3.47. The van der Waals surface area contributed by atoms with Crippen molar-refractivity contribution >= 4 is 23.2 Å². The number of hydrogen-bond donors (Lipinski definition) is 1. The molecule has 0 amide bonds. The molecule has 0 aliphatic carbocycles. The molecule has 1 unspecified atom stereocenters. The number of hydrogen-bond acceptors (Lipinski definition) is 2. The summed E-state index contributed by atoms with van der Waals surface area (Å²) in [6.45, 7) is 2.16. The van der Waals surface area contributed by atoms with E-state index in [0.717, 1.165) is 18.4 Å². The fourth-order valence-corrected chi connectivity index (χ4v) is 2.54. The van der Waals surface area contributed by atoms with Gasteiger partial charge in [-0.1, -0.05) is 60.8 Å². The second kappa shape index (κ2) is 6.38. The molecule has 1 aromatic heterocycles. The van der Waals surface area contributed by atoms with Crippen molar-refractivity contribution in [2.24, 2.45) is 5.73 Å². The summed E-state index contributed by atoms with van der Waals surface area (Å²) in [5, 5.41) is 1.02. The van der Waals surface area contributed by atoms with E-state index in [1.165, 1.54) is 5.56 Å². The number of benzene rings is 1. The van der Waals surface area contributed by atoms with E-state index >= 15 is 0 Å². The third-order valence-electron chi connectivity index (χ3n) is 2.98. The Kier molecular flexibility index (Phi) is 4.81. The Morgan fingerprint density at radius 3 is 2.74 bits per heavy atom. The summed E-state index contributed by atoms with van der Waals surface area (Å²) < 4.78 is 0. The van der Waals surface area contributed by atoms with Gasteiger partial charge in [-0.3, -0.25) is 4.98 Å². The van der Waals surface area contributed by atoms with Gasteiger partial charge in [0.15, 0.2) is 0 Å². The first-order valence-corrected chi connectivity index (χ1v) is 7.02. The molecule has 1 atom stereocenters. The van der Waals surface area contributed by atoms with Crippen molar-refractivity contribution in [3.63, 3.8) is 0 Å². The van der Waals surface area contributed by atoms with Gasteiger partial charge >= 0.3 is 0 Å². The average Bonchev–Trinajstić information content (AvgIpc) is 2.39. The number of nitrogens with zero attached hydrogens (tertiary/aromatic N) is 1. The van der Waals surface area contributed by atoms with Crippen LogP contribution in [0.4, 0.5) is 0 Å². The molecule has 1 aromatic carbocycles. The molecular formula is C15H16Cl2N2. The Morgan fingerprint density at radius 1 is 1.26 bits per heavy atom. The maximum atomic E-state index is 6.24. The number of aromatic nitrogens is 1. The summed E-state index contributed by atoms with van der Waals surface area (Å²) in [6, 6.07) is 9.57. The smallest absolute Gasteiger partial charge is 0.0803 e. The normalized spacial score (nSPS) is 12.4. The second-order valence-electron chi connectivity index (χ2n) is 4.49. The van der Waals surface area contributed by atoms with Gasteiger partial charge < -0.3 is 5.73 Å². The van der Waals surface area contributed by atoms with E-state index in [-0.39, 0.29) is 6.04 Å². The van der Waals surface area contributed by atoms with Crippen LogP contribution in [0.2, 0.25) is 10.0 Å². The average molecular weight is 295 g/mol. The van der Waals surface area contributed by atoms with E-state index in [0.29, 0.717) is 15.7 Å². The largest absolute Gasteiger partial charge is 0.319 e. The third-order valence-corrected chi connectivity index (χ3v) is 3.49. The quantitative estimate of drug-likeness (QED) is 0.908. The van der Waals surface area contributed by atoms with Crippen LogP contribution in [0.1, 0.15) is 36.2 Å². The Bertz CT molecular complexity index is 570. The fourth-order valence-electron chi connectivity index (χ4n) is 2.04. The Morgan fingerprint density at radius 2 is 2.05 bits per heavy atom. The first kappa shape index (κ1) is 14.3. The number of rotatable bonds is 4. The molecule has 0 bridgehead atoms. The van der Waals surface area contributed by atoms with Crippen molar-refractivity contribution in [1.29, 1.82) is 0 Å². The van der Waals surface area contributed by atoms with Crippen LogP contribution in [0.15, 0.2) is 36.5 Å². The summed E-state index contributed by atoms with van der Waals surface area (Å²) in [5.74, 6) is 0. The molecule has 0 radical (unpaired) electrons. The van der Waals surface area contributed by atoms with Gasteiger partial charge in [-0.2, -0.15) is 0 Å². The van der Waals surface area contributed by atoms with Gasteiger partial charge in [0.05, 0.1) is 21.8 Å². The molecule has 4 heteroatoms. The highest BCUT2D eigenvalue weighted by molar-refractivity contribution is 6.34. The Balaban J connectivity index is 2.32. The van der Waals surface area contributed by atoms with Crippen LogP contribution in [0.3, 0.4) is 0 Å². The summed E-state index contributed by atoms with van der Waals surface area (Å²) in [7, 11) is 0. The van der Waals surface area contributed by atoms with Crippen LogP contribution < -0.4 is 5.73 Å². The molecule has 100 valence electrons. The minimum Gasteiger partial charge on any atom is -0.319 e. The maximum absolute atomic E-state index is 6.24. The van der Waals surface area contributed by atoms with Gasteiger partial charge in [-0.15, -0.1) is 0 Å². The minimum absolute atomic E-state index is 0.332. The molecule has 2 rings (SSSR count). The maximum Gasteiger partial charge on any atom is 0.0803 e. The van der Waals surface area contributed by atoms with Crippen LogP contribution in [-0.2, 0) is 6.42 Å². The van der Waals surface area contributed by atoms with Crippen molar-refractivity contribution in [2.45, 2.75) is 25.8 Å². The number of nitrogens with two attached hydrogens (primary N) is 1. The zero-order valence-electron chi connectivity index (χ0n) is 10.7. The summed E-state index contributed by atoms with van der Waals surface area (Å²) in [4.78, 5) is 4.24. The zero-order valence-corrected chi connectivity index (χ0v) is 12.2. The van der Waals surface area contributed by atoms with Crippen molar-refractivity contribution in [3.05, 3.63) is 63.4 Å². The topological polar surface area (TPSA) is 38.9 Å². The zero-order chi connectivity index (χ0) is 13.8. The van der Waals surface area contributed by atoms with E-state index in [1.807, 2.05) is 12.1 Å². The predicted molar refractivity (Wildman–Crippen MR) is 80.7 cm³/mol. The monoisotopic (exact) mass is 294 g/mol. The molecule has 2 aromatic rings. The number of halogens is 2. The van der Waals surface area contributed by atoms with Gasteiger partial charge in [-0.25, -0.2) is 0 Å². The van der Waals surface area contributed by atoms with Crippen LogP contribution in [-0.4, -0.2) is 4.98 Å². The fraction of sp³-hybridized carbons (Fsp3) is 0.267. The molecule has 0 aliphatic rings. The van der Waals surface area contributed by atoms with Crippen LogP contribution >= 0.6 is 23.2 Å². The SMILES string of the molecule is CCCc1cccc(C(N)c2ncc(Cl)cc2Cl)c1. The van der Waals surface area contributed by atoms with Gasteiger partial charge in [0.2, 0.25) is 0 Å². The summed E-state index contributed by atoms with van der Waals surface area (Å²) in [6.07, 6.45) is 3.72. The van der Waals surface area contributed by atoms with Gasteiger partial charge in [0.1, 0.15) is 0 Å². The molecule has 1 heterocycles. The molecule has 2 N–H and O–H groups in total. The molecule has 0 fully saturated rings. The second-order valence-corrected chi connectivity index (χ2v) is 5.34. The Hall–Kier alpha value is -1.09. The predicted octanol–water partition coefficient (Wildman–Crippen LogP) is 4.39. The highest BCUT2D eigenvalue weighted by Crippen LogP contribution is 2.27. The van der Waals surface area contributed by atoms with Gasteiger partial charge in [-0.05, 0) is 23.6 Å². The molecule has 2 nitrogen and oxygen atoms in total. The van der Waals surface area contributed by atoms with Crippen molar-refractivity contribution in [1.82, 2.24) is 4.98 Å². The van der Waals surface area contributed by atoms with Crippen molar-refractivity contribution in [3.8, 4) is 0 Å². The first-order valence-electron chi connectivity index (χ1n) is 6.27. The van der Waals surface area contributed by atoms with Crippen LogP contribution in [0.5, 0.6) is 0 Å². The van der Waals surface area contributed by atoms with Crippen molar-refractivity contribution < 1.29 is 0 Å². The van der Waals surface area contributed by atoms with Crippen LogP contribution in [0.25, 0.3) is 0 Å². The lowest BCUT2D eigenvalue weighted by Crippen LogP contribution is -2.14. The van der Waals surface area contributed by atoms with Crippen molar-refractivity contribution in [2.75, 3.05) is 0 Å². The number of pyridine rings is 1. The lowest BCUT2D eigenvalue weighted by atomic mass is 10.00. The van der Waals surface area contributed by atoms with Gasteiger partial charge in [0.25, 0.3) is 0 Å². The molecular weight excluding hydrogens is 279 g/mol. The molecule has 0 saturated carbocycles. The highest BCUT2D eigenvalue weighted by atomic mass is 35.5. The lowest BCUT2D eigenvalue weighted by molar-refractivity contribution is 0.822. The molecule has 0 aliphatic heterocycles. The van der Waals surface area contributed by atoms with Gasteiger partial charge in [0, 0.05) is 6.20 Å². The molecule has 0 spiro atoms. The highest BCUT2D eigenvalue weighted by Gasteiger charge is 2.14. The minimum atomic E-state index is -0.332. The van der Waals surface area contributed by atoms with E-state index < -0.39 is 0 Å². The number of aryl methyl sites for hydroxylation is 1. The van der Waals surface area contributed by atoms with E-state index in [1.54, 1.807) is 12.3 Å². The van der Waals surface area contributed by atoms with E-state index in [9.17, 15) is 0 Å². The van der Waals surface area contributed by atoms with E-state index in [4.69, 9.17) is 28.9 Å². The molecule has 19 heavy (non-hydrogen) atoms. The first-order chi connectivity index (χ1) is 9.11. The molecule has 0 saturated heterocycles. The Labute approximate surface area is 123 Å². The van der Waals surface area contributed by atoms with E-state index in [2.05, 4.69) is 24.0 Å². The summed E-state index contributed by atoms with van der Waals surface area (Å²) >= 11 is 12.0. The van der Waals surface area contributed by atoms with Crippen LogP contribution in [0, 0.1) is 0 Å².